The second-order valence-electron chi connectivity index (χ2n) is 3.62. The van der Waals surface area contributed by atoms with E-state index in [1.54, 1.807) is 0 Å². The predicted octanol–water partition coefficient (Wildman–Crippen LogP) is 1.69. The maximum Gasteiger partial charge on any atom is 1.00 e. The van der Waals surface area contributed by atoms with Crippen LogP contribution in [0.3, 0.4) is 0 Å². The standard InChI is InChI=1S/C12H14.CH4.CH3.K/c1-8-9(2)11-6-4-5-7-12(11)10(8)3;;;/h4-7,9H,1-3H3;1H4;1H3;/q;;-1;+1. The third kappa shape index (κ3) is 3.04. The Morgan fingerprint density at radius 1 is 1.07 bits per heavy atom. The van der Waals surface area contributed by atoms with E-state index in [2.05, 4.69) is 45.0 Å². The van der Waals surface area contributed by atoms with Crippen molar-refractivity contribution in [3.05, 3.63) is 48.4 Å². The van der Waals surface area contributed by atoms with E-state index >= 15 is 0 Å². The van der Waals surface area contributed by atoms with Crippen LogP contribution < -0.4 is 51.4 Å². The fourth-order valence-corrected chi connectivity index (χ4v) is 1.99. The van der Waals surface area contributed by atoms with Gasteiger partial charge in [0.1, 0.15) is 0 Å². The monoisotopic (exact) mass is 228 g/mol. The molecule has 0 saturated heterocycles. The molecule has 0 amide bonds. The fourth-order valence-electron chi connectivity index (χ4n) is 1.99. The molecule has 0 saturated carbocycles. The minimum atomic E-state index is 0. The van der Waals surface area contributed by atoms with Gasteiger partial charge in [-0.25, -0.2) is 0 Å². The molecule has 1 aromatic rings. The largest absolute Gasteiger partial charge is 1.00 e. The van der Waals surface area contributed by atoms with Gasteiger partial charge in [-0.1, -0.05) is 44.2 Å². The number of fused-ring (bicyclic) bond motifs is 1. The molecule has 0 radical (unpaired) electrons. The van der Waals surface area contributed by atoms with Gasteiger partial charge >= 0.3 is 51.4 Å². The van der Waals surface area contributed by atoms with Crippen LogP contribution in [0.2, 0.25) is 0 Å². The Labute approximate surface area is 138 Å². The van der Waals surface area contributed by atoms with E-state index in [-0.39, 0.29) is 66.2 Å². The molecule has 1 aliphatic rings. The van der Waals surface area contributed by atoms with Crippen LogP contribution in [0.5, 0.6) is 0 Å². The maximum atomic E-state index is 2.28. The molecule has 0 spiro atoms. The van der Waals surface area contributed by atoms with Gasteiger partial charge in [-0.05, 0) is 30.5 Å². The number of hydrogen-bond donors (Lipinski definition) is 0. The Kier molecular flexibility index (Phi) is 8.42. The molecule has 0 nitrogen and oxygen atoms in total. The van der Waals surface area contributed by atoms with Crippen LogP contribution in [-0.2, 0) is 0 Å². The van der Waals surface area contributed by atoms with Gasteiger partial charge in [-0.3, -0.25) is 0 Å². The molecule has 1 aromatic carbocycles. The van der Waals surface area contributed by atoms with E-state index in [1.807, 2.05) is 0 Å². The third-order valence-electron chi connectivity index (χ3n) is 3.07. The summed E-state index contributed by atoms with van der Waals surface area (Å²) in [6.45, 7) is 6.74. The van der Waals surface area contributed by atoms with Crippen LogP contribution >= 0.6 is 0 Å². The van der Waals surface area contributed by atoms with Gasteiger partial charge in [-0.2, -0.15) is 0 Å². The van der Waals surface area contributed by atoms with E-state index in [0.29, 0.717) is 5.92 Å². The first-order valence-corrected chi connectivity index (χ1v) is 4.48. The van der Waals surface area contributed by atoms with E-state index < -0.39 is 0 Å². The number of hydrogen-bond acceptors (Lipinski definition) is 0. The molecule has 1 unspecified atom stereocenters. The first-order chi connectivity index (χ1) is 5.72. The average Bonchev–Trinajstić information content (AvgIpc) is 2.33. The molecule has 0 fully saturated rings. The zero-order valence-corrected chi connectivity index (χ0v) is 13.0. The van der Waals surface area contributed by atoms with Gasteiger partial charge in [0.15, 0.2) is 0 Å². The number of benzene rings is 1. The van der Waals surface area contributed by atoms with Crippen LogP contribution in [0.15, 0.2) is 29.8 Å². The predicted molar refractivity (Wildman–Crippen MR) is 66.3 cm³/mol. The molecule has 2 rings (SSSR count). The first kappa shape index (κ1) is 18.0. The van der Waals surface area contributed by atoms with Crippen molar-refractivity contribution in [2.75, 3.05) is 0 Å². The summed E-state index contributed by atoms with van der Waals surface area (Å²) < 4.78 is 0. The van der Waals surface area contributed by atoms with Crippen LogP contribution in [0.25, 0.3) is 5.57 Å². The number of rotatable bonds is 0. The Hall–Kier alpha value is 0.596. The van der Waals surface area contributed by atoms with Crippen molar-refractivity contribution in [2.24, 2.45) is 0 Å². The van der Waals surface area contributed by atoms with Gasteiger partial charge in [0.05, 0.1) is 0 Å². The van der Waals surface area contributed by atoms with Crippen molar-refractivity contribution in [3.8, 4) is 0 Å². The molecule has 1 aliphatic carbocycles. The van der Waals surface area contributed by atoms with E-state index in [0.717, 1.165) is 0 Å². The van der Waals surface area contributed by atoms with E-state index in [1.165, 1.54) is 22.3 Å². The molecule has 1 atom stereocenters. The molecule has 0 aromatic heterocycles. The van der Waals surface area contributed by atoms with Gasteiger partial charge in [-0.15, -0.1) is 0 Å². The Bertz CT molecular complexity index is 350. The summed E-state index contributed by atoms with van der Waals surface area (Å²) in [6.07, 6.45) is 0. The Balaban J connectivity index is 0. The Morgan fingerprint density at radius 3 is 2.13 bits per heavy atom. The van der Waals surface area contributed by atoms with Crippen LogP contribution in [-0.4, -0.2) is 0 Å². The molecule has 0 aliphatic heterocycles. The number of allylic oxidation sites excluding steroid dienone is 2. The van der Waals surface area contributed by atoms with Crippen molar-refractivity contribution < 1.29 is 51.4 Å². The van der Waals surface area contributed by atoms with Crippen molar-refractivity contribution >= 4 is 5.57 Å². The average molecular weight is 228 g/mol. The molecular formula is C14H21K. The molecule has 15 heavy (non-hydrogen) atoms. The van der Waals surface area contributed by atoms with E-state index in [4.69, 9.17) is 0 Å². The molecular weight excluding hydrogens is 207 g/mol. The molecule has 0 N–H and O–H groups in total. The first-order valence-electron chi connectivity index (χ1n) is 4.48. The van der Waals surface area contributed by atoms with Crippen molar-refractivity contribution in [3.63, 3.8) is 0 Å². The summed E-state index contributed by atoms with van der Waals surface area (Å²) in [7, 11) is 0. The summed E-state index contributed by atoms with van der Waals surface area (Å²) in [6, 6.07) is 8.70. The van der Waals surface area contributed by atoms with Crippen LogP contribution in [0.1, 0.15) is 45.2 Å². The zero-order valence-electron chi connectivity index (χ0n) is 9.89. The zero-order chi connectivity index (χ0) is 8.72. The third-order valence-corrected chi connectivity index (χ3v) is 3.07. The van der Waals surface area contributed by atoms with Crippen LogP contribution in [0.4, 0.5) is 0 Å². The summed E-state index contributed by atoms with van der Waals surface area (Å²) in [5.74, 6) is 0.626. The Morgan fingerprint density at radius 2 is 1.60 bits per heavy atom. The quantitative estimate of drug-likeness (QED) is 0.468. The molecule has 0 heterocycles. The molecule has 1 heteroatoms. The van der Waals surface area contributed by atoms with Gasteiger partial charge in [0, 0.05) is 5.92 Å². The van der Waals surface area contributed by atoms with Crippen molar-refractivity contribution in [2.45, 2.75) is 34.1 Å². The van der Waals surface area contributed by atoms with Crippen molar-refractivity contribution in [1.29, 1.82) is 0 Å². The van der Waals surface area contributed by atoms with Crippen molar-refractivity contribution in [1.82, 2.24) is 0 Å². The second kappa shape index (κ2) is 7.03. The topological polar surface area (TPSA) is 0 Å². The van der Waals surface area contributed by atoms with E-state index in [9.17, 15) is 0 Å². The fraction of sp³-hybridized carbons (Fsp3) is 0.357. The SMILES string of the molecule is C.CC1=C(C)C(C)c2ccccc21.[CH3-].[K+]. The van der Waals surface area contributed by atoms with Crippen LogP contribution in [0, 0.1) is 7.43 Å². The second-order valence-corrected chi connectivity index (χ2v) is 3.62. The summed E-state index contributed by atoms with van der Waals surface area (Å²) in [4.78, 5) is 0. The maximum absolute atomic E-state index is 2.28. The van der Waals surface area contributed by atoms with Gasteiger partial charge < -0.3 is 7.43 Å². The normalized spacial score (nSPS) is 17.1. The summed E-state index contributed by atoms with van der Waals surface area (Å²) in [5.41, 5.74) is 5.93. The smallest absolute Gasteiger partial charge is 0.358 e. The minimum Gasteiger partial charge on any atom is -0.358 e. The summed E-state index contributed by atoms with van der Waals surface area (Å²) in [5, 5.41) is 0. The summed E-state index contributed by atoms with van der Waals surface area (Å²) >= 11 is 0. The molecule has 0 bridgehead atoms. The van der Waals surface area contributed by atoms with Gasteiger partial charge in [0.2, 0.25) is 0 Å². The van der Waals surface area contributed by atoms with Gasteiger partial charge in [0.25, 0.3) is 0 Å². The minimum absolute atomic E-state index is 0. The molecule has 78 valence electrons.